The molecule has 0 spiro atoms. The Balaban J connectivity index is 1.51. The van der Waals surface area contributed by atoms with E-state index in [-0.39, 0.29) is 17.7 Å². The molecule has 9 heteroatoms. The summed E-state index contributed by atoms with van der Waals surface area (Å²) in [5, 5.41) is 13.5. The maximum absolute atomic E-state index is 14.4. The minimum atomic E-state index is -3.68. The van der Waals surface area contributed by atoms with Crippen LogP contribution in [0.3, 0.4) is 0 Å². The van der Waals surface area contributed by atoms with Crippen LogP contribution >= 0.6 is 11.8 Å². The lowest BCUT2D eigenvalue weighted by Gasteiger charge is -2.37. The number of sulfonamides is 1. The summed E-state index contributed by atoms with van der Waals surface area (Å²) in [5.74, 6) is 1.30. The van der Waals surface area contributed by atoms with Gasteiger partial charge in [-0.2, -0.15) is 4.31 Å². The molecule has 2 fully saturated rings. The fraction of sp³-hybridized carbons (Fsp3) is 0.528. The minimum Gasteiger partial charge on any atom is -0.496 e. The first-order valence-corrected chi connectivity index (χ1v) is 18.8. The van der Waals surface area contributed by atoms with Gasteiger partial charge in [-0.15, -0.1) is 11.8 Å². The molecule has 244 valence electrons. The molecule has 2 N–H and O–H groups in total. The van der Waals surface area contributed by atoms with E-state index in [1.165, 1.54) is 55.8 Å². The first-order chi connectivity index (χ1) is 21.7. The zero-order valence-corrected chi connectivity index (χ0v) is 28.5. The summed E-state index contributed by atoms with van der Waals surface area (Å²) < 4.78 is 50.0. The van der Waals surface area contributed by atoms with Crippen LogP contribution in [0.2, 0.25) is 0 Å². The standard InChI is InChI=1S/C36H48FN3O3S2/c1-25-11-12-26(2)44-24-36(25)45(41,42)40-17-7-6-10-28(18-27-8-4-5-9-27)34(23-40)33-19-29(21-38)30(20-35(33)43-3)22-39-32-15-13-31(37)14-16-32/h12-16,19-21,24-25,27-28,34,38-39H,4-11,17-18,22-23H2,1-3H3. The summed E-state index contributed by atoms with van der Waals surface area (Å²) in [5.41, 5.74) is 3.45. The van der Waals surface area contributed by atoms with E-state index in [0.29, 0.717) is 36.4 Å². The van der Waals surface area contributed by atoms with Gasteiger partial charge in [0, 0.05) is 37.5 Å². The van der Waals surface area contributed by atoms with Crippen molar-refractivity contribution in [1.82, 2.24) is 4.31 Å². The van der Waals surface area contributed by atoms with Crippen molar-refractivity contribution in [3.63, 3.8) is 0 Å². The Hall–Kier alpha value is -2.62. The molecule has 3 unspecified atom stereocenters. The van der Waals surface area contributed by atoms with Crippen LogP contribution in [0.15, 0.2) is 57.7 Å². The second-order valence-corrected chi connectivity index (χ2v) is 16.1. The summed E-state index contributed by atoms with van der Waals surface area (Å²) in [7, 11) is -2.01. The lowest BCUT2D eigenvalue weighted by Crippen LogP contribution is -2.40. The lowest BCUT2D eigenvalue weighted by atomic mass is 9.75. The van der Waals surface area contributed by atoms with Gasteiger partial charge >= 0.3 is 0 Å². The van der Waals surface area contributed by atoms with Gasteiger partial charge in [-0.05, 0) is 114 Å². The first kappa shape index (κ1) is 33.7. The third-order valence-corrected chi connectivity index (χ3v) is 13.1. The Labute approximate surface area is 273 Å². The number of methoxy groups -OCH3 is 1. The second kappa shape index (κ2) is 15.3. The molecular formula is C36H48FN3O3S2. The average molecular weight is 654 g/mol. The first-order valence-electron chi connectivity index (χ1n) is 16.4. The monoisotopic (exact) mass is 653 g/mol. The van der Waals surface area contributed by atoms with Crippen molar-refractivity contribution in [3.8, 4) is 5.75 Å². The quantitative estimate of drug-likeness (QED) is 0.250. The molecule has 0 radical (unpaired) electrons. The molecule has 3 aliphatic rings. The third kappa shape index (κ3) is 8.22. The molecule has 1 aliphatic carbocycles. The molecule has 2 aliphatic heterocycles. The van der Waals surface area contributed by atoms with E-state index in [1.54, 1.807) is 23.5 Å². The Kier molecular flexibility index (Phi) is 11.5. The van der Waals surface area contributed by atoms with Crippen molar-refractivity contribution in [2.24, 2.45) is 17.8 Å². The van der Waals surface area contributed by atoms with Crippen LogP contribution in [0.25, 0.3) is 0 Å². The Morgan fingerprint density at radius 3 is 2.56 bits per heavy atom. The molecule has 1 saturated heterocycles. The minimum absolute atomic E-state index is 0.0531. The SMILES string of the molecule is COc1cc(CNc2ccc(F)cc2)c(C=N)cc1C1CN(S(=O)(=O)C2=CSC(C)=CCC2C)CCCCC1CC1CCCC1. The van der Waals surface area contributed by atoms with E-state index in [0.717, 1.165) is 65.1 Å². The summed E-state index contributed by atoms with van der Waals surface area (Å²) in [6, 6.07) is 10.3. The van der Waals surface area contributed by atoms with Gasteiger partial charge in [0.25, 0.3) is 0 Å². The maximum Gasteiger partial charge on any atom is 0.240 e. The van der Waals surface area contributed by atoms with Crippen LogP contribution in [-0.2, 0) is 16.6 Å². The maximum atomic E-state index is 14.4. The largest absolute Gasteiger partial charge is 0.496 e. The number of nitrogens with one attached hydrogen (secondary N) is 2. The normalized spacial score (nSPS) is 23.8. The van der Waals surface area contributed by atoms with E-state index in [1.807, 2.05) is 25.3 Å². The number of hydrogen-bond donors (Lipinski definition) is 2. The van der Waals surface area contributed by atoms with E-state index in [4.69, 9.17) is 10.1 Å². The highest BCUT2D eigenvalue weighted by atomic mass is 32.2. The zero-order chi connectivity index (χ0) is 32.0. The van der Waals surface area contributed by atoms with Crippen molar-refractivity contribution in [2.45, 2.75) is 84.1 Å². The van der Waals surface area contributed by atoms with E-state index in [2.05, 4.69) is 17.5 Å². The van der Waals surface area contributed by atoms with Crippen molar-refractivity contribution in [1.29, 1.82) is 5.41 Å². The number of ether oxygens (including phenoxy) is 1. The van der Waals surface area contributed by atoms with Gasteiger partial charge in [0.15, 0.2) is 0 Å². The van der Waals surface area contributed by atoms with Crippen LogP contribution in [0.5, 0.6) is 5.75 Å². The van der Waals surface area contributed by atoms with Crippen LogP contribution < -0.4 is 10.1 Å². The predicted molar refractivity (Wildman–Crippen MR) is 185 cm³/mol. The Bertz CT molecular complexity index is 1500. The molecular weight excluding hydrogens is 606 g/mol. The van der Waals surface area contributed by atoms with Gasteiger partial charge in [0.05, 0.1) is 12.0 Å². The molecule has 0 aromatic heterocycles. The molecule has 2 aromatic rings. The number of nitrogens with zero attached hydrogens (tertiary/aromatic N) is 1. The molecule has 0 amide bonds. The van der Waals surface area contributed by atoms with Crippen LogP contribution in [-0.4, -0.2) is 39.1 Å². The molecule has 45 heavy (non-hydrogen) atoms. The summed E-state index contributed by atoms with van der Waals surface area (Å²) >= 11 is 1.51. The zero-order valence-electron chi connectivity index (χ0n) is 26.9. The summed E-state index contributed by atoms with van der Waals surface area (Å²) in [4.78, 5) is 1.65. The fourth-order valence-corrected chi connectivity index (χ4v) is 10.3. The van der Waals surface area contributed by atoms with Crippen molar-refractivity contribution >= 4 is 33.7 Å². The van der Waals surface area contributed by atoms with Crippen LogP contribution in [0, 0.1) is 29.0 Å². The summed E-state index contributed by atoms with van der Waals surface area (Å²) in [6.07, 6.45) is 13.3. The number of anilines is 1. The molecule has 5 rings (SSSR count). The highest BCUT2D eigenvalue weighted by molar-refractivity contribution is 8.06. The number of rotatable bonds is 10. The molecule has 2 aromatic carbocycles. The highest BCUT2D eigenvalue weighted by Crippen LogP contribution is 2.44. The van der Waals surface area contributed by atoms with Gasteiger partial charge in [0.2, 0.25) is 10.0 Å². The van der Waals surface area contributed by atoms with Gasteiger partial charge in [-0.25, -0.2) is 12.8 Å². The van der Waals surface area contributed by atoms with Crippen molar-refractivity contribution in [3.05, 3.63) is 80.2 Å². The van der Waals surface area contributed by atoms with Gasteiger partial charge < -0.3 is 15.5 Å². The molecule has 2 heterocycles. The average Bonchev–Trinajstić information content (AvgIpc) is 3.47. The highest BCUT2D eigenvalue weighted by Gasteiger charge is 2.38. The molecule has 1 saturated carbocycles. The number of allylic oxidation sites excluding steroid dienone is 3. The number of thioether (sulfide) groups is 1. The van der Waals surface area contributed by atoms with Gasteiger partial charge in [-0.3, -0.25) is 0 Å². The van der Waals surface area contributed by atoms with Crippen molar-refractivity contribution in [2.75, 3.05) is 25.5 Å². The number of hydrogen-bond acceptors (Lipinski definition) is 6. The van der Waals surface area contributed by atoms with E-state index < -0.39 is 10.0 Å². The van der Waals surface area contributed by atoms with Crippen molar-refractivity contribution < 1.29 is 17.5 Å². The molecule has 3 atom stereocenters. The van der Waals surface area contributed by atoms with Crippen LogP contribution in [0.1, 0.15) is 94.2 Å². The van der Waals surface area contributed by atoms with E-state index in [9.17, 15) is 12.8 Å². The van der Waals surface area contributed by atoms with E-state index >= 15 is 0 Å². The molecule has 0 bridgehead atoms. The number of benzene rings is 2. The third-order valence-electron chi connectivity index (χ3n) is 9.93. The fourth-order valence-electron chi connectivity index (χ4n) is 7.30. The number of halogens is 1. The molecule has 6 nitrogen and oxygen atoms in total. The second-order valence-electron chi connectivity index (χ2n) is 13.0. The Morgan fingerprint density at radius 1 is 1.11 bits per heavy atom. The predicted octanol–water partition coefficient (Wildman–Crippen LogP) is 9.06. The topological polar surface area (TPSA) is 82.5 Å². The lowest BCUT2D eigenvalue weighted by molar-refractivity contribution is 0.234. The van der Waals surface area contributed by atoms with Crippen LogP contribution in [0.4, 0.5) is 10.1 Å². The summed E-state index contributed by atoms with van der Waals surface area (Å²) in [6.45, 7) is 5.41. The van der Waals surface area contributed by atoms with Gasteiger partial charge in [0.1, 0.15) is 11.6 Å². The Morgan fingerprint density at radius 2 is 1.84 bits per heavy atom. The van der Waals surface area contributed by atoms with Gasteiger partial charge in [-0.1, -0.05) is 45.1 Å². The smallest absolute Gasteiger partial charge is 0.240 e.